The Kier molecular flexibility index (Phi) is 3.92. The monoisotopic (exact) mass is 376 g/mol. The molecule has 5 rings (SSSR count). The molecule has 3 aromatic carbocycles. The van der Waals surface area contributed by atoms with Crippen molar-refractivity contribution in [1.82, 2.24) is 9.97 Å². The fraction of sp³-hybridized carbons (Fsp3) is 0.185. The van der Waals surface area contributed by atoms with Gasteiger partial charge in [-0.25, -0.2) is 0 Å². The molecule has 29 heavy (non-hydrogen) atoms. The van der Waals surface area contributed by atoms with E-state index in [2.05, 4.69) is 82.3 Å². The Hall–Kier alpha value is -3.26. The van der Waals surface area contributed by atoms with Crippen LogP contribution >= 0.6 is 0 Å². The molecule has 2 heteroatoms. The molecule has 2 nitrogen and oxygen atoms in total. The molecule has 0 fully saturated rings. The Bertz CT molecular complexity index is 1390. The van der Waals surface area contributed by atoms with Gasteiger partial charge in [-0.3, -0.25) is 9.97 Å². The molecule has 0 aliphatic carbocycles. The minimum absolute atomic E-state index is 0.0427. The van der Waals surface area contributed by atoms with E-state index in [0.29, 0.717) is 0 Å². The van der Waals surface area contributed by atoms with Crippen molar-refractivity contribution in [1.29, 1.82) is 0 Å². The van der Waals surface area contributed by atoms with Gasteiger partial charge in [0.2, 0.25) is 0 Å². The van der Waals surface area contributed by atoms with Gasteiger partial charge in [-0.2, -0.15) is 0 Å². The van der Waals surface area contributed by atoms with E-state index < -0.39 is 0 Å². The summed E-state index contributed by atoms with van der Waals surface area (Å²) in [7, 11) is 0. The van der Waals surface area contributed by atoms with Crippen LogP contribution in [-0.4, -0.2) is 9.97 Å². The Labute approximate surface area is 171 Å². The van der Waals surface area contributed by atoms with Crippen molar-refractivity contribution >= 4 is 32.4 Å². The number of pyridine rings is 2. The first-order valence-corrected chi connectivity index (χ1v) is 10.1. The van der Waals surface area contributed by atoms with E-state index >= 15 is 0 Å². The average Bonchev–Trinajstić information content (AvgIpc) is 2.72. The maximum absolute atomic E-state index is 4.87. The number of fused-ring (bicyclic) bond motifs is 4. The molecule has 0 radical (unpaired) electrons. The maximum atomic E-state index is 4.87. The molecule has 2 heterocycles. The molecule has 142 valence electrons. The quantitative estimate of drug-likeness (QED) is 0.289. The molecule has 0 N–H and O–H groups in total. The zero-order chi connectivity index (χ0) is 20.2. The van der Waals surface area contributed by atoms with Crippen LogP contribution in [0, 0.1) is 6.92 Å². The zero-order valence-corrected chi connectivity index (χ0v) is 17.3. The van der Waals surface area contributed by atoms with Crippen LogP contribution in [0.1, 0.15) is 31.9 Å². The number of hydrogen-bond donors (Lipinski definition) is 0. The predicted octanol–water partition coefficient (Wildman–Crippen LogP) is 7.21. The third-order valence-corrected chi connectivity index (χ3v) is 5.76. The van der Waals surface area contributed by atoms with Crippen molar-refractivity contribution in [3.8, 4) is 11.3 Å². The third kappa shape index (κ3) is 2.87. The lowest BCUT2D eigenvalue weighted by atomic mass is 9.82. The van der Waals surface area contributed by atoms with Gasteiger partial charge in [0.1, 0.15) is 0 Å². The second-order valence-corrected chi connectivity index (χ2v) is 8.85. The molecule has 5 aromatic rings. The molecule has 2 aromatic heterocycles. The Morgan fingerprint density at radius 2 is 1.45 bits per heavy atom. The van der Waals surface area contributed by atoms with Gasteiger partial charge < -0.3 is 0 Å². The van der Waals surface area contributed by atoms with Gasteiger partial charge in [-0.1, -0.05) is 63.2 Å². The highest BCUT2D eigenvalue weighted by Crippen LogP contribution is 2.37. The number of hydrogen-bond acceptors (Lipinski definition) is 2. The van der Waals surface area contributed by atoms with Crippen molar-refractivity contribution in [2.45, 2.75) is 33.1 Å². The summed E-state index contributed by atoms with van der Waals surface area (Å²) in [5.41, 5.74) is 5.74. The summed E-state index contributed by atoms with van der Waals surface area (Å²) in [5.74, 6) is 0. The van der Waals surface area contributed by atoms with Gasteiger partial charge in [0.05, 0.1) is 11.2 Å². The lowest BCUT2D eigenvalue weighted by Gasteiger charge is -2.23. The SMILES string of the molecule is Cc1cnc(-c2cc(C(C)(C)C)c3ccccc3c2)c2cnc3ccccc3c12. The van der Waals surface area contributed by atoms with E-state index in [1.807, 2.05) is 18.5 Å². The van der Waals surface area contributed by atoms with Crippen LogP contribution in [0.3, 0.4) is 0 Å². The Morgan fingerprint density at radius 1 is 0.724 bits per heavy atom. The second kappa shape index (κ2) is 6.38. The van der Waals surface area contributed by atoms with Gasteiger partial charge in [0.25, 0.3) is 0 Å². The van der Waals surface area contributed by atoms with Crippen molar-refractivity contribution in [3.63, 3.8) is 0 Å². The number of para-hydroxylation sites is 1. The topological polar surface area (TPSA) is 25.8 Å². The van der Waals surface area contributed by atoms with Gasteiger partial charge in [-0.05, 0) is 57.8 Å². The van der Waals surface area contributed by atoms with Crippen LogP contribution < -0.4 is 0 Å². The highest BCUT2D eigenvalue weighted by Gasteiger charge is 2.20. The van der Waals surface area contributed by atoms with Crippen LogP contribution in [0.4, 0.5) is 0 Å². The van der Waals surface area contributed by atoms with Crippen LogP contribution in [0.15, 0.2) is 73.1 Å². The molecule has 0 atom stereocenters. The average molecular weight is 377 g/mol. The van der Waals surface area contributed by atoms with E-state index in [9.17, 15) is 0 Å². The largest absolute Gasteiger partial charge is 0.256 e. The first-order chi connectivity index (χ1) is 13.9. The summed E-state index contributed by atoms with van der Waals surface area (Å²) in [6.45, 7) is 8.95. The summed E-state index contributed by atoms with van der Waals surface area (Å²) >= 11 is 0. The van der Waals surface area contributed by atoms with Crippen molar-refractivity contribution in [2.75, 3.05) is 0 Å². The number of nitrogens with zero attached hydrogens (tertiary/aromatic N) is 2. The first kappa shape index (κ1) is 17.8. The third-order valence-electron chi connectivity index (χ3n) is 5.76. The molecule has 0 aliphatic rings. The van der Waals surface area contributed by atoms with Gasteiger partial charge in [0.15, 0.2) is 0 Å². The zero-order valence-electron chi connectivity index (χ0n) is 17.3. The minimum atomic E-state index is 0.0427. The molecule has 0 saturated carbocycles. The van der Waals surface area contributed by atoms with Gasteiger partial charge >= 0.3 is 0 Å². The van der Waals surface area contributed by atoms with Crippen molar-refractivity contribution < 1.29 is 0 Å². The molecule has 0 unspecified atom stereocenters. The summed E-state index contributed by atoms with van der Waals surface area (Å²) in [6.07, 6.45) is 3.98. The number of rotatable bonds is 1. The van der Waals surface area contributed by atoms with Gasteiger partial charge in [0, 0.05) is 28.7 Å². The van der Waals surface area contributed by atoms with Crippen LogP contribution in [-0.2, 0) is 5.41 Å². The summed E-state index contributed by atoms with van der Waals surface area (Å²) in [6, 6.07) is 21.6. The molecular formula is C27H24N2. The highest BCUT2D eigenvalue weighted by atomic mass is 14.7. The smallest absolute Gasteiger partial charge is 0.0796 e. The van der Waals surface area contributed by atoms with Crippen molar-refractivity contribution in [3.05, 3.63) is 84.2 Å². The van der Waals surface area contributed by atoms with E-state index in [1.165, 1.54) is 32.7 Å². The minimum Gasteiger partial charge on any atom is -0.256 e. The number of aryl methyl sites for hydroxylation is 1. The van der Waals surface area contributed by atoms with Crippen LogP contribution in [0.5, 0.6) is 0 Å². The Balaban J connectivity index is 1.88. The fourth-order valence-electron chi connectivity index (χ4n) is 4.34. The lowest BCUT2D eigenvalue weighted by Crippen LogP contribution is -2.12. The van der Waals surface area contributed by atoms with Crippen LogP contribution in [0.25, 0.3) is 43.7 Å². The maximum Gasteiger partial charge on any atom is 0.0796 e. The molecule has 0 bridgehead atoms. The predicted molar refractivity (Wildman–Crippen MR) is 123 cm³/mol. The highest BCUT2D eigenvalue weighted by molar-refractivity contribution is 6.11. The number of aromatic nitrogens is 2. The Morgan fingerprint density at radius 3 is 2.24 bits per heavy atom. The lowest BCUT2D eigenvalue weighted by molar-refractivity contribution is 0.596. The van der Waals surface area contributed by atoms with E-state index in [4.69, 9.17) is 9.97 Å². The van der Waals surface area contributed by atoms with Crippen LogP contribution in [0.2, 0.25) is 0 Å². The number of benzene rings is 3. The molecule has 0 spiro atoms. The standard InChI is InChI=1S/C27H24N2/c1-17-15-29-26(22-16-28-24-12-8-7-11-21(24)25(17)22)19-13-18-9-5-6-10-20(18)23(14-19)27(2,3)4/h5-16H,1-4H3. The summed E-state index contributed by atoms with van der Waals surface area (Å²) < 4.78 is 0. The normalized spacial score (nSPS) is 12.1. The molecule has 0 aliphatic heterocycles. The second-order valence-electron chi connectivity index (χ2n) is 8.85. The molecular weight excluding hydrogens is 352 g/mol. The summed E-state index contributed by atoms with van der Waals surface area (Å²) in [5, 5.41) is 6.09. The molecule has 0 amide bonds. The van der Waals surface area contributed by atoms with E-state index in [0.717, 1.165) is 22.2 Å². The fourth-order valence-corrected chi connectivity index (χ4v) is 4.34. The van der Waals surface area contributed by atoms with Gasteiger partial charge in [-0.15, -0.1) is 0 Å². The van der Waals surface area contributed by atoms with Crippen molar-refractivity contribution in [2.24, 2.45) is 0 Å². The van der Waals surface area contributed by atoms with E-state index in [1.54, 1.807) is 0 Å². The summed E-state index contributed by atoms with van der Waals surface area (Å²) in [4.78, 5) is 9.60. The van der Waals surface area contributed by atoms with E-state index in [-0.39, 0.29) is 5.41 Å². The molecule has 0 saturated heterocycles. The first-order valence-electron chi connectivity index (χ1n) is 10.1.